The lowest BCUT2D eigenvalue weighted by molar-refractivity contribution is -0.117. The van der Waals surface area contributed by atoms with Crippen LogP contribution in [0.2, 0.25) is 5.02 Å². The molecule has 78 valence electrons. The third kappa shape index (κ3) is 2.81. The first kappa shape index (κ1) is 11.7. The van der Waals surface area contributed by atoms with E-state index in [1.807, 2.05) is 6.07 Å². The molecule has 1 aromatic carbocycles. The summed E-state index contributed by atoms with van der Waals surface area (Å²) in [4.78, 5) is 11.1. The summed E-state index contributed by atoms with van der Waals surface area (Å²) in [6, 6.07) is 9.25. The van der Waals surface area contributed by atoms with Gasteiger partial charge in [-0.15, -0.1) is 0 Å². The van der Waals surface area contributed by atoms with E-state index < -0.39 is 5.41 Å². The van der Waals surface area contributed by atoms with E-state index in [2.05, 4.69) is 6.07 Å². The second kappa shape index (κ2) is 4.46. The lowest BCUT2D eigenvalue weighted by Gasteiger charge is -2.20. The van der Waals surface area contributed by atoms with E-state index >= 15 is 0 Å². The largest absolute Gasteiger partial charge is 0.300 e. The second-order valence-corrected chi connectivity index (χ2v) is 4.27. The highest BCUT2D eigenvalue weighted by Gasteiger charge is 2.28. The molecular formula is C12H12ClNO. The topological polar surface area (TPSA) is 40.9 Å². The molecule has 0 radical (unpaired) electrons. The molecule has 0 aliphatic heterocycles. The van der Waals surface area contributed by atoms with Gasteiger partial charge in [-0.05, 0) is 31.5 Å². The number of ketones is 1. The highest BCUT2D eigenvalue weighted by atomic mass is 35.5. The van der Waals surface area contributed by atoms with E-state index in [9.17, 15) is 4.79 Å². The fourth-order valence-electron chi connectivity index (χ4n) is 1.54. The maximum absolute atomic E-state index is 11.1. The molecule has 0 amide bonds. The molecule has 2 nitrogen and oxygen atoms in total. The molecule has 0 bridgehead atoms. The Kier molecular flexibility index (Phi) is 3.49. The predicted octanol–water partition coefficient (Wildman–Crippen LogP) is 3.10. The third-order valence-corrected chi connectivity index (χ3v) is 2.55. The Bertz CT molecular complexity index is 422. The van der Waals surface area contributed by atoms with Crippen LogP contribution in [0.15, 0.2) is 24.3 Å². The van der Waals surface area contributed by atoms with Gasteiger partial charge in [0, 0.05) is 11.4 Å². The number of benzene rings is 1. The first-order chi connectivity index (χ1) is 6.98. The number of hydrogen-bond acceptors (Lipinski definition) is 2. The van der Waals surface area contributed by atoms with E-state index in [1.54, 1.807) is 25.1 Å². The maximum Gasteiger partial charge on any atom is 0.131 e. The second-order valence-electron chi connectivity index (χ2n) is 3.83. The molecule has 0 fully saturated rings. The summed E-state index contributed by atoms with van der Waals surface area (Å²) in [5, 5.41) is 9.71. The molecule has 0 N–H and O–H groups in total. The van der Waals surface area contributed by atoms with E-state index in [1.165, 1.54) is 6.92 Å². The summed E-state index contributed by atoms with van der Waals surface area (Å²) in [7, 11) is 0. The fourth-order valence-corrected chi connectivity index (χ4v) is 1.73. The molecule has 1 atom stereocenters. The molecule has 1 unspecified atom stereocenters. The van der Waals surface area contributed by atoms with Gasteiger partial charge in [-0.25, -0.2) is 0 Å². The monoisotopic (exact) mass is 221 g/mol. The quantitative estimate of drug-likeness (QED) is 0.787. The van der Waals surface area contributed by atoms with Crippen LogP contribution in [0, 0.1) is 11.3 Å². The Hall–Kier alpha value is -1.33. The predicted molar refractivity (Wildman–Crippen MR) is 59.7 cm³/mol. The van der Waals surface area contributed by atoms with Crippen molar-refractivity contribution in [1.82, 2.24) is 0 Å². The van der Waals surface area contributed by atoms with Crippen LogP contribution in [0.4, 0.5) is 0 Å². The van der Waals surface area contributed by atoms with Crippen molar-refractivity contribution in [2.75, 3.05) is 0 Å². The summed E-state index contributed by atoms with van der Waals surface area (Å²) in [6.07, 6.45) is 0.212. The summed E-state index contributed by atoms with van der Waals surface area (Å²) in [5.41, 5.74) is 0.00389. The summed E-state index contributed by atoms with van der Waals surface area (Å²) < 4.78 is 0. The normalized spacial score (nSPS) is 14.0. The van der Waals surface area contributed by atoms with Gasteiger partial charge in [0.25, 0.3) is 0 Å². The highest BCUT2D eigenvalue weighted by molar-refractivity contribution is 6.30. The van der Waals surface area contributed by atoms with Crippen molar-refractivity contribution in [1.29, 1.82) is 5.26 Å². The lowest BCUT2D eigenvalue weighted by atomic mass is 9.80. The molecule has 15 heavy (non-hydrogen) atoms. The Morgan fingerprint density at radius 1 is 1.60 bits per heavy atom. The van der Waals surface area contributed by atoms with Crippen LogP contribution in [-0.2, 0) is 10.2 Å². The number of hydrogen-bond donors (Lipinski definition) is 0. The third-order valence-electron chi connectivity index (χ3n) is 2.31. The van der Waals surface area contributed by atoms with E-state index in [0.29, 0.717) is 5.02 Å². The van der Waals surface area contributed by atoms with E-state index in [-0.39, 0.29) is 12.2 Å². The molecule has 1 aromatic rings. The SMILES string of the molecule is CC(=O)CC(C)(C#N)c1cccc(Cl)c1. The minimum absolute atomic E-state index is 0.000902. The standard InChI is InChI=1S/C12H12ClNO/c1-9(15)7-12(2,8-14)10-4-3-5-11(13)6-10/h3-6H,7H2,1-2H3. The van der Waals surface area contributed by atoms with Gasteiger partial charge in [0.15, 0.2) is 0 Å². The van der Waals surface area contributed by atoms with E-state index in [0.717, 1.165) is 5.56 Å². The van der Waals surface area contributed by atoms with Crippen LogP contribution in [0.5, 0.6) is 0 Å². The van der Waals surface area contributed by atoms with Crippen molar-refractivity contribution < 1.29 is 4.79 Å². The fraction of sp³-hybridized carbons (Fsp3) is 0.333. The molecule has 0 aliphatic rings. The zero-order valence-electron chi connectivity index (χ0n) is 8.75. The molecule has 0 aliphatic carbocycles. The van der Waals surface area contributed by atoms with Crippen molar-refractivity contribution in [2.24, 2.45) is 0 Å². The molecule has 0 heterocycles. The van der Waals surface area contributed by atoms with Gasteiger partial charge in [-0.3, -0.25) is 4.79 Å². The molecular weight excluding hydrogens is 210 g/mol. The minimum Gasteiger partial charge on any atom is -0.300 e. The minimum atomic E-state index is -0.781. The van der Waals surface area contributed by atoms with Crippen LogP contribution in [0.25, 0.3) is 0 Å². The van der Waals surface area contributed by atoms with Gasteiger partial charge in [0.05, 0.1) is 11.5 Å². The number of carbonyl (C=O) groups excluding carboxylic acids is 1. The van der Waals surface area contributed by atoms with Crippen LogP contribution in [0.1, 0.15) is 25.8 Å². The maximum atomic E-state index is 11.1. The van der Waals surface area contributed by atoms with Crippen molar-refractivity contribution in [3.8, 4) is 6.07 Å². The summed E-state index contributed by atoms with van der Waals surface area (Å²) in [6.45, 7) is 3.24. The van der Waals surface area contributed by atoms with Crippen molar-refractivity contribution in [3.05, 3.63) is 34.9 Å². The number of carbonyl (C=O) groups is 1. The van der Waals surface area contributed by atoms with Crippen molar-refractivity contribution in [2.45, 2.75) is 25.7 Å². The van der Waals surface area contributed by atoms with Gasteiger partial charge in [0.1, 0.15) is 5.78 Å². The number of Topliss-reactive ketones (excluding diaryl/α,β-unsaturated/α-hetero) is 1. The molecule has 0 spiro atoms. The number of rotatable bonds is 3. The molecule has 1 rings (SSSR count). The summed E-state index contributed by atoms with van der Waals surface area (Å²) in [5.74, 6) is -0.000902. The van der Waals surface area contributed by atoms with Crippen LogP contribution in [-0.4, -0.2) is 5.78 Å². The zero-order chi connectivity index (χ0) is 11.5. The van der Waals surface area contributed by atoms with Crippen LogP contribution >= 0.6 is 11.6 Å². The van der Waals surface area contributed by atoms with Crippen LogP contribution < -0.4 is 0 Å². The first-order valence-electron chi connectivity index (χ1n) is 4.65. The average molecular weight is 222 g/mol. The van der Waals surface area contributed by atoms with Gasteiger partial charge < -0.3 is 0 Å². The number of nitriles is 1. The Morgan fingerprint density at radius 3 is 2.73 bits per heavy atom. The zero-order valence-corrected chi connectivity index (χ0v) is 9.51. The Balaban J connectivity index is 3.12. The first-order valence-corrected chi connectivity index (χ1v) is 5.02. The van der Waals surface area contributed by atoms with Gasteiger partial charge in [0.2, 0.25) is 0 Å². The molecule has 0 aromatic heterocycles. The average Bonchev–Trinajstić information content (AvgIpc) is 2.16. The molecule has 3 heteroatoms. The van der Waals surface area contributed by atoms with Gasteiger partial charge in [-0.1, -0.05) is 23.7 Å². The molecule has 0 saturated heterocycles. The van der Waals surface area contributed by atoms with Gasteiger partial charge in [-0.2, -0.15) is 5.26 Å². The van der Waals surface area contributed by atoms with Crippen LogP contribution in [0.3, 0.4) is 0 Å². The Labute approximate surface area is 94.5 Å². The number of halogens is 1. The Morgan fingerprint density at radius 2 is 2.27 bits per heavy atom. The van der Waals surface area contributed by atoms with Gasteiger partial charge >= 0.3 is 0 Å². The van der Waals surface area contributed by atoms with Crippen molar-refractivity contribution >= 4 is 17.4 Å². The summed E-state index contributed by atoms with van der Waals surface area (Å²) >= 11 is 5.85. The lowest BCUT2D eigenvalue weighted by Crippen LogP contribution is -2.22. The highest BCUT2D eigenvalue weighted by Crippen LogP contribution is 2.28. The van der Waals surface area contributed by atoms with Crippen molar-refractivity contribution in [3.63, 3.8) is 0 Å². The smallest absolute Gasteiger partial charge is 0.131 e. The number of nitrogens with zero attached hydrogens (tertiary/aromatic N) is 1. The molecule has 0 saturated carbocycles. The van der Waals surface area contributed by atoms with E-state index in [4.69, 9.17) is 16.9 Å².